The van der Waals surface area contributed by atoms with Crippen LogP contribution < -0.4 is 24.8 Å². The third-order valence-electron chi connectivity index (χ3n) is 3.56. The Morgan fingerprint density at radius 2 is 1.58 bits per heavy atom. The van der Waals surface area contributed by atoms with Gasteiger partial charge in [0.2, 0.25) is 0 Å². The van der Waals surface area contributed by atoms with Crippen LogP contribution >= 0.6 is 11.6 Å². The second kappa shape index (κ2) is 8.96. The molecule has 0 aliphatic carbocycles. The Balaban J connectivity index is 2.06. The van der Waals surface area contributed by atoms with E-state index in [0.717, 1.165) is 5.56 Å². The van der Waals surface area contributed by atoms with Crippen molar-refractivity contribution in [3.8, 4) is 17.2 Å². The Labute approximate surface area is 156 Å². The monoisotopic (exact) mass is 378 g/mol. The summed E-state index contributed by atoms with van der Waals surface area (Å²) in [4.78, 5) is 24.2. The van der Waals surface area contributed by atoms with Crippen molar-refractivity contribution in [1.82, 2.24) is 5.32 Å². The third kappa shape index (κ3) is 4.58. The van der Waals surface area contributed by atoms with Gasteiger partial charge in [0.15, 0.2) is 0 Å². The molecule has 2 rings (SSSR count). The van der Waals surface area contributed by atoms with Gasteiger partial charge >= 0.3 is 11.8 Å². The summed E-state index contributed by atoms with van der Waals surface area (Å²) in [6.45, 7) is 0.150. The zero-order chi connectivity index (χ0) is 19.1. The molecule has 0 atom stereocenters. The molecule has 0 saturated carbocycles. The van der Waals surface area contributed by atoms with E-state index in [2.05, 4.69) is 10.6 Å². The summed E-state index contributed by atoms with van der Waals surface area (Å²) in [5.41, 5.74) is 1.02. The first kappa shape index (κ1) is 19.4. The fourth-order valence-electron chi connectivity index (χ4n) is 2.24. The number of methoxy groups -OCH3 is 3. The number of benzene rings is 2. The normalized spacial score (nSPS) is 10.0. The van der Waals surface area contributed by atoms with Crippen LogP contribution in [0.1, 0.15) is 5.56 Å². The Hall–Kier alpha value is -2.93. The highest BCUT2D eigenvalue weighted by Gasteiger charge is 2.18. The second-order valence-corrected chi connectivity index (χ2v) is 5.54. The van der Waals surface area contributed by atoms with E-state index in [9.17, 15) is 9.59 Å². The van der Waals surface area contributed by atoms with E-state index < -0.39 is 11.8 Å². The van der Waals surface area contributed by atoms with E-state index in [1.165, 1.54) is 33.5 Å². The summed E-state index contributed by atoms with van der Waals surface area (Å²) in [5, 5.41) is 5.35. The zero-order valence-electron chi connectivity index (χ0n) is 14.6. The minimum absolute atomic E-state index is 0.150. The highest BCUT2D eigenvalue weighted by Crippen LogP contribution is 2.35. The molecule has 138 valence electrons. The predicted octanol–water partition coefficient (Wildman–Crippen LogP) is 2.62. The maximum absolute atomic E-state index is 12.2. The van der Waals surface area contributed by atoms with Crippen molar-refractivity contribution >= 4 is 29.1 Å². The summed E-state index contributed by atoms with van der Waals surface area (Å²) in [5.74, 6) is -0.370. The summed E-state index contributed by atoms with van der Waals surface area (Å²) in [6.07, 6.45) is 0. The maximum atomic E-state index is 12.2. The van der Waals surface area contributed by atoms with Crippen LogP contribution in [0.25, 0.3) is 0 Å². The number of halogens is 1. The SMILES string of the molecule is COc1cc(NC(=O)C(=O)NCc2ccccc2OC)c(OC)cc1Cl. The summed E-state index contributed by atoms with van der Waals surface area (Å²) in [7, 11) is 4.41. The second-order valence-electron chi connectivity index (χ2n) is 5.14. The Bertz CT molecular complexity index is 810. The van der Waals surface area contributed by atoms with E-state index in [4.69, 9.17) is 25.8 Å². The number of hydrogen-bond acceptors (Lipinski definition) is 5. The van der Waals surface area contributed by atoms with Crippen LogP contribution in [0.4, 0.5) is 5.69 Å². The van der Waals surface area contributed by atoms with Crippen LogP contribution in [0.2, 0.25) is 5.02 Å². The molecule has 2 aromatic carbocycles. The van der Waals surface area contributed by atoms with Crippen molar-refractivity contribution in [2.75, 3.05) is 26.6 Å². The molecule has 0 bridgehead atoms. The molecule has 0 saturated heterocycles. The molecule has 2 N–H and O–H groups in total. The molecule has 0 heterocycles. The average Bonchev–Trinajstić information content (AvgIpc) is 2.66. The first-order valence-corrected chi connectivity index (χ1v) is 8.00. The van der Waals surface area contributed by atoms with Crippen LogP contribution in [-0.2, 0) is 16.1 Å². The molecule has 7 nitrogen and oxygen atoms in total. The zero-order valence-corrected chi connectivity index (χ0v) is 15.3. The van der Waals surface area contributed by atoms with Gasteiger partial charge in [-0.1, -0.05) is 29.8 Å². The first-order chi connectivity index (χ1) is 12.5. The first-order valence-electron chi connectivity index (χ1n) is 7.62. The van der Waals surface area contributed by atoms with Gasteiger partial charge < -0.3 is 24.8 Å². The fraction of sp³-hybridized carbons (Fsp3) is 0.222. The predicted molar refractivity (Wildman–Crippen MR) is 98.0 cm³/mol. The third-order valence-corrected chi connectivity index (χ3v) is 3.86. The number of rotatable bonds is 6. The highest BCUT2D eigenvalue weighted by atomic mass is 35.5. The van der Waals surface area contributed by atoms with Gasteiger partial charge in [-0.2, -0.15) is 0 Å². The van der Waals surface area contributed by atoms with E-state index >= 15 is 0 Å². The summed E-state index contributed by atoms with van der Waals surface area (Å²) >= 11 is 6.02. The Kier molecular flexibility index (Phi) is 6.68. The minimum Gasteiger partial charge on any atom is -0.496 e. The van der Waals surface area contributed by atoms with Gasteiger partial charge in [-0.3, -0.25) is 9.59 Å². The summed E-state index contributed by atoms with van der Waals surface area (Å²) < 4.78 is 15.5. The molecular weight excluding hydrogens is 360 g/mol. The molecule has 0 aliphatic rings. The van der Waals surface area contributed by atoms with Gasteiger partial charge in [0.1, 0.15) is 17.2 Å². The number of nitrogens with one attached hydrogen (secondary N) is 2. The van der Waals surface area contributed by atoms with Gasteiger partial charge in [0.25, 0.3) is 0 Å². The number of para-hydroxylation sites is 1. The highest BCUT2D eigenvalue weighted by molar-refractivity contribution is 6.40. The largest absolute Gasteiger partial charge is 0.496 e. The number of carbonyl (C=O) groups excluding carboxylic acids is 2. The molecule has 8 heteroatoms. The molecule has 0 aliphatic heterocycles. The molecular formula is C18H19ClN2O5. The van der Waals surface area contributed by atoms with E-state index in [1.807, 2.05) is 12.1 Å². The molecule has 0 fully saturated rings. The van der Waals surface area contributed by atoms with Gasteiger partial charge in [0, 0.05) is 24.2 Å². The van der Waals surface area contributed by atoms with Crippen molar-refractivity contribution in [3.05, 3.63) is 47.0 Å². The number of hydrogen-bond donors (Lipinski definition) is 2. The lowest BCUT2D eigenvalue weighted by Crippen LogP contribution is -2.35. The molecule has 2 aromatic rings. The van der Waals surface area contributed by atoms with Crippen molar-refractivity contribution in [2.24, 2.45) is 0 Å². The van der Waals surface area contributed by atoms with Gasteiger partial charge in [-0.15, -0.1) is 0 Å². The van der Waals surface area contributed by atoms with Gasteiger partial charge in [-0.05, 0) is 6.07 Å². The Morgan fingerprint density at radius 3 is 2.23 bits per heavy atom. The van der Waals surface area contributed by atoms with Crippen LogP contribution in [0.3, 0.4) is 0 Å². The molecule has 0 spiro atoms. The lowest BCUT2D eigenvalue weighted by atomic mass is 10.2. The van der Waals surface area contributed by atoms with Gasteiger partial charge in [0.05, 0.1) is 32.0 Å². The molecule has 2 amide bonds. The quantitative estimate of drug-likeness (QED) is 0.755. The summed E-state index contributed by atoms with van der Waals surface area (Å²) in [6, 6.07) is 10.2. The number of amides is 2. The lowest BCUT2D eigenvalue weighted by Gasteiger charge is -2.13. The van der Waals surface area contributed by atoms with E-state index in [1.54, 1.807) is 12.1 Å². The lowest BCUT2D eigenvalue weighted by molar-refractivity contribution is -0.136. The maximum Gasteiger partial charge on any atom is 0.313 e. The molecule has 0 unspecified atom stereocenters. The van der Waals surface area contributed by atoms with Crippen LogP contribution in [0, 0.1) is 0 Å². The minimum atomic E-state index is -0.845. The van der Waals surface area contributed by atoms with Crippen molar-refractivity contribution < 1.29 is 23.8 Å². The molecule has 0 radical (unpaired) electrons. The van der Waals surface area contributed by atoms with Crippen molar-refractivity contribution in [1.29, 1.82) is 0 Å². The van der Waals surface area contributed by atoms with Crippen molar-refractivity contribution in [2.45, 2.75) is 6.54 Å². The standard InChI is InChI=1S/C18H19ClN2O5/c1-24-14-7-5-4-6-11(14)10-20-17(22)18(23)21-13-9-15(25-2)12(19)8-16(13)26-3/h4-9H,10H2,1-3H3,(H,20,22)(H,21,23). The van der Waals surface area contributed by atoms with E-state index in [0.29, 0.717) is 22.3 Å². The van der Waals surface area contributed by atoms with E-state index in [-0.39, 0.29) is 12.2 Å². The smallest absolute Gasteiger partial charge is 0.313 e. The fourth-order valence-corrected chi connectivity index (χ4v) is 2.47. The van der Waals surface area contributed by atoms with Crippen LogP contribution in [0.5, 0.6) is 17.2 Å². The topological polar surface area (TPSA) is 85.9 Å². The molecule has 26 heavy (non-hydrogen) atoms. The van der Waals surface area contributed by atoms with Crippen LogP contribution in [-0.4, -0.2) is 33.1 Å². The van der Waals surface area contributed by atoms with Crippen molar-refractivity contribution in [3.63, 3.8) is 0 Å². The van der Waals surface area contributed by atoms with Gasteiger partial charge in [-0.25, -0.2) is 0 Å². The van der Waals surface area contributed by atoms with Crippen LogP contribution in [0.15, 0.2) is 36.4 Å². The number of anilines is 1. The average molecular weight is 379 g/mol. The molecule has 0 aromatic heterocycles. The Morgan fingerprint density at radius 1 is 0.923 bits per heavy atom. The number of ether oxygens (including phenoxy) is 3. The number of carbonyl (C=O) groups is 2.